The van der Waals surface area contributed by atoms with Crippen LogP contribution in [-0.2, 0) is 6.54 Å². The fourth-order valence-corrected chi connectivity index (χ4v) is 4.23. The molecular formula is C21H22N4O3S2. The summed E-state index contributed by atoms with van der Waals surface area (Å²) >= 11 is 2.68. The Kier molecular flexibility index (Phi) is 7.42. The van der Waals surface area contributed by atoms with E-state index in [4.69, 9.17) is 4.74 Å². The van der Waals surface area contributed by atoms with E-state index in [1.54, 1.807) is 43.5 Å². The minimum Gasteiger partial charge on any atom is -0.497 e. The third-order valence-corrected chi connectivity index (χ3v) is 6.12. The van der Waals surface area contributed by atoms with Crippen molar-refractivity contribution in [3.63, 3.8) is 0 Å². The molecular weight excluding hydrogens is 420 g/mol. The zero-order valence-electron chi connectivity index (χ0n) is 16.7. The highest BCUT2D eigenvalue weighted by molar-refractivity contribution is 7.99. The normalized spacial score (nSPS) is 11.7. The predicted molar refractivity (Wildman–Crippen MR) is 118 cm³/mol. The Morgan fingerprint density at radius 3 is 2.70 bits per heavy atom. The Labute approximate surface area is 183 Å². The molecule has 0 aliphatic carbocycles. The van der Waals surface area contributed by atoms with E-state index < -0.39 is 0 Å². The molecule has 1 atom stereocenters. The van der Waals surface area contributed by atoms with Gasteiger partial charge >= 0.3 is 0 Å². The molecule has 0 saturated carbocycles. The number of thioether (sulfide) groups is 1. The van der Waals surface area contributed by atoms with Crippen molar-refractivity contribution in [1.82, 2.24) is 20.1 Å². The van der Waals surface area contributed by atoms with E-state index in [2.05, 4.69) is 22.1 Å². The van der Waals surface area contributed by atoms with Crippen LogP contribution in [0.4, 0.5) is 0 Å². The number of rotatable bonds is 10. The number of amides is 1. The van der Waals surface area contributed by atoms with Gasteiger partial charge in [0.25, 0.3) is 5.91 Å². The van der Waals surface area contributed by atoms with Crippen LogP contribution in [0.1, 0.15) is 38.8 Å². The first-order chi connectivity index (χ1) is 14.5. The lowest BCUT2D eigenvalue weighted by Gasteiger charge is -2.14. The molecule has 3 rings (SSSR count). The summed E-state index contributed by atoms with van der Waals surface area (Å²) in [4.78, 5) is 25.5. The van der Waals surface area contributed by atoms with Gasteiger partial charge in [-0.3, -0.25) is 9.59 Å². The van der Waals surface area contributed by atoms with Crippen LogP contribution >= 0.6 is 23.1 Å². The van der Waals surface area contributed by atoms with Crippen LogP contribution in [0.5, 0.6) is 5.75 Å². The van der Waals surface area contributed by atoms with Crippen molar-refractivity contribution in [2.24, 2.45) is 0 Å². The Balaban J connectivity index is 1.69. The zero-order chi connectivity index (χ0) is 21.5. The van der Waals surface area contributed by atoms with Gasteiger partial charge in [-0.2, -0.15) is 0 Å². The molecule has 0 fully saturated rings. The molecule has 1 amide bonds. The van der Waals surface area contributed by atoms with Crippen LogP contribution in [0, 0.1) is 0 Å². The lowest BCUT2D eigenvalue weighted by atomic mass is 10.1. The van der Waals surface area contributed by atoms with Gasteiger partial charge in [0.15, 0.2) is 16.8 Å². The lowest BCUT2D eigenvalue weighted by molar-refractivity contribution is 0.0941. The SMILES string of the molecule is C=CCn1c(SCC(=O)c2ccc(OC)cc2)nnc1[C@@H](C)NC(=O)c1cccs1. The molecule has 0 saturated heterocycles. The largest absolute Gasteiger partial charge is 0.497 e. The van der Waals surface area contributed by atoms with Gasteiger partial charge < -0.3 is 14.6 Å². The number of ketones is 1. The first-order valence-corrected chi connectivity index (χ1v) is 11.1. The van der Waals surface area contributed by atoms with Crippen LogP contribution in [0.25, 0.3) is 0 Å². The van der Waals surface area contributed by atoms with Crippen molar-refractivity contribution in [2.45, 2.75) is 24.7 Å². The summed E-state index contributed by atoms with van der Waals surface area (Å²) in [5.74, 6) is 1.36. The Morgan fingerprint density at radius 1 is 1.30 bits per heavy atom. The van der Waals surface area contributed by atoms with Crippen molar-refractivity contribution in [1.29, 1.82) is 0 Å². The number of nitrogens with zero attached hydrogens (tertiary/aromatic N) is 3. The molecule has 2 heterocycles. The van der Waals surface area contributed by atoms with E-state index in [1.807, 2.05) is 22.9 Å². The monoisotopic (exact) mass is 442 g/mol. The lowest BCUT2D eigenvalue weighted by Crippen LogP contribution is -2.28. The number of aromatic nitrogens is 3. The van der Waals surface area contributed by atoms with E-state index in [0.29, 0.717) is 33.7 Å². The molecule has 30 heavy (non-hydrogen) atoms. The molecule has 0 bridgehead atoms. The Bertz CT molecular complexity index is 1010. The average Bonchev–Trinajstić information content (AvgIpc) is 3.43. The van der Waals surface area contributed by atoms with E-state index in [0.717, 1.165) is 0 Å². The molecule has 0 aliphatic rings. The fraction of sp³-hybridized carbons (Fsp3) is 0.238. The minimum atomic E-state index is -0.348. The van der Waals surface area contributed by atoms with Crippen LogP contribution in [-0.4, -0.2) is 39.3 Å². The van der Waals surface area contributed by atoms with Crippen molar-refractivity contribution < 1.29 is 14.3 Å². The molecule has 3 aromatic rings. The number of hydrogen-bond donors (Lipinski definition) is 1. The third-order valence-electron chi connectivity index (χ3n) is 4.28. The van der Waals surface area contributed by atoms with Crippen molar-refractivity contribution >= 4 is 34.8 Å². The first-order valence-electron chi connectivity index (χ1n) is 9.22. The molecule has 0 radical (unpaired) electrons. The summed E-state index contributed by atoms with van der Waals surface area (Å²) < 4.78 is 6.98. The fourth-order valence-electron chi connectivity index (χ4n) is 2.76. The number of carbonyl (C=O) groups excluding carboxylic acids is 2. The first kappa shape index (κ1) is 21.8. The third kappa shape index (κ3) is 5.17. The second-order valence-corrected chi connectivity index (χ2v) is 8.24. The molecule has 156 valence electrons. The van der Waals surface area contributed by atoms with Crippen LogP contribution in [0.3, 0.4) is 0 Å². The van der Waals surface area contributed by atoms with Gasteiger partial charge in [0.05, 0.1) is 23.8 Å². The van der Waals surface area contributed by atoms with Gasteiger partial charge in [-0.25, -0.2) is 0 Å². The number of benzene rings is 1. The zero-order valence-corrected chi connectivity index (χ0v) is 18.3. The molecule has 0 spiro atoms. The highest BCUT2D eigenvalue weighted by Gasteiger charge is 2.21. The Hall–Kier alpha value is -2.91. The molecule has 1 N–H and O–H groups in total. The van der Waals surface area contributed by atoms with Gasteiger partial charge in [-0.05, 0) is 42.6 Å². The summed E-state index contributed by atoms with van der Waals surface area (Å²) in [6.45, 7) is 6.11. The molecule has 7 nitrogen and oxygen atoms in total. The average molecular weight is 443 g/mol. The molecule has 9 heteroatoms. The van der Waals surface area contributed by atoms with E-state index in [-0.39, 0.29) is 23.5 Å². The number of hydrogen-bond acceptors (Lipinski definition) is 7. The number of ether oxygens (including phenoxy) is 1. The highest BCUT2D eigenvalue weighted by atomic mass is 32.2. The standard InChI is InChI=1S/C21H22N4O3S2/c1-4-11-25-19(14(2)22-20(27)18-6-5-12-29-18)23-24-21(25)30-13-17(26)15-7-9-16(28-3)10-8-15/h4-10,12,14H,1,11,13H2,2-3H3,(H,22,27)/t14-/m1/s1. The summed E-state index contributed by atoms with van der Waals surface area (Å²) in [6.07, 6.45) is 1.73. The number of Topliss-reactive ketones (excluding diaryl/α,β-unsaturated/α-hetero) is 1. The quantitative estimate of drug-likeness (QED) is 0.290. The van der Waals surface area contributed by atoms with Crippen LogP contribution in [0.2, 0.25) is 0 Å². The summed E-state index contributed by atoms with van der Waals surface area (Å²) in [5.41, 5.74) is 0.606. The van der Waals surface area contributed by atoms with E-state index in [1.165, 1.54) is 23.1 Å². The van der Waals surface area contributed by atoms with Crippen LogP contribution < -0.4 is 10.1 Å². The second kappa shape index (κ2) is 10.2. The van der Waals surface area contributed by atoms with Crippen molar-refractivity contribution in [3.05, 3.63) is 70.7 Å². The smallest absolute Gasteiger partial charge is 0.261 e. The predicted octanol–water partition coefficient (Wildman–Crippen LogP) is 4.00. The van der Waals surface area contributed by atoms with Gasteiger partial charge in [-0.1, -0.05) is 23.9 Å². The minimum absolute atomic E-state index is 0.0172. The van der Waals surface area contributed by atoms with Gasteiger partial charge in [0.1, 0.15) is 5.75 Å². The maximum Gasteiger partial charge on any atom is 0.261 e. The number of allylic oxidation sites excluding steroid dienone is 1. The topological polar surface area (TPSA) is 86.1 Å². The van der Waals surface area contributed by atoms with Crippen molar-refractivity contribution in [3.8, 4) is 5.75 Å². The summed E-state index contributed by atoms with van der Waals surface area (Å²) in [6, 6.07) is 10.3. The maximum atomic E-state index is 12.5. The molecule has 2 aromatic heterocycles. The Morgan fingerprint density at radius 2 is 2.07 bits per heavy atom. The summed E-state index contributed by atoms with van der Waals surface area (Å²) in [7, 11) is 1.58. The summed E-state index contributed by atoms with van der Waals surface area (Å²) in [5, 5.41) is 13.9. The second-order valence-electron chi connectivity index (χ2n) is 6.35. The number of carbonyl (C=O) groups is 2. The molecule has 0 aliphatic heterocycles. The molecule has 0 unspecified atom stereocenters. The number of thiophene rings is 1. The molecule has 1 aromatic carbocycles. The maximum absolute atomic E-state index is 12.5. The van der Waals surface area contributed by atoms with Gasteiger partial charge in [0.2, 0.25) is 0 Å². The number of methoxy groups -OCH3 is 1. The van der Waals surface area contributed by atoms with Crippen LogP contribution in [0.15, 0.2) is 59.6 Å². The van der Waals surface area contributed by atoms with E-state index in [9.17, 15) is 9.59 Å². The van der Waals surface area contributed by atoms with Gasteiger partial charge in [0, 0.05) is 12.1 Å². The van der Waals surface area contributed by atoms with E-state index >= 15 is 0 Å². The van der Waals surface area contributed by atoms with Gasteiger partial charge in [-0.15, -0.1) is 28.1 Å². The van der Waals surface area contributed by atoms with Crippen molar-refractivity contribution in [2.75, 3.05) is 12.9 Å². The number of nitrogens with one attached hydrogen (secondary N) is 1. The highest BCUT2D eigenvalue weighted by Crippen LogP contribution is 2.23.